The minimum Gasteiger partial charge on any atom is -0.497 e. The number of hydrogen-bond acceptors (Lipinski definition) is 2. The van der Waals surface area contributed by atoms with E-state index in [4.69, 9.17) is 4.74 Å². The Labute approximate surface area is 117 Å². The summed E-state index contributed by atoms with van der Waals surface area (Å²) in [6.45, 7) is 1.33. The van der Waals surface area contributed by atoms with Crippen molar-refractivity contribution in [3.05, 3.63) is 29.8 Å². The molecule has 1 fully saturated rings. The maximum Gasteiger partial charge on any atom is 0.335 e. The fourth-order valence-electron chi connectivity index (χ4n) is 2.66. The summed E-state index contributed by atoms with van der Waals surface area (Å²) in [7, 11) is 1.60. The molecule has 1 heterocycles. The highest BCUT2D eigenvalue weighted by Gasteiger charge is 2.44. The van der Waals surface area contributed by atoms with Crippen molar-refractivity contribution in [3.63, 3.8) is 0 Å². The van der Waals surface area contributed by atoms with Crippen LogP contribution in [0.5, 0.6) is 5.75 Å². The fraction of sp³-hybridized carbons (Fsp3) is 0.600. The van der Waals surface area contributed by atoms with Gasteiger partial charge in [0.05, 0.1) is 7.11 Å². The lowest BCUT2D eigenvalue weighted by Crippen LogP contribution is -2.50. The lowest BCUT2D eigenvalue weighted by atomic mass is 9.89. The average molecular weight is 287 g/mol. The summed E-state index contributed by atoms with van der Waals surface area (Å²) in [5, 5.41) is 0. The average Bonchev–Trinajstić information content (AvgIpc) is 2.47. The zero-order valence-corrected chi connectivity index (χ0v) is 11.8. The summed E-state index contributed by atoms with van der Waals surface area (Å²) < 4.78 is 45.4. The number of ether oxygens (including phenoxy) is 1. The quantitative estimate of drug-likeness (QED) is 0.780. The van der Waals surface area contributed by atoms with Crippen LogP contribution in [0.25, 0.3) is 0 Å². The molecule has 112 valence electrons. The van der Waals surface area contributed by atoms with Crippen molar-refractivity contribution in [2.45, 2.75) is 37.9 Å². The first-order valence-electron chi connectivity index (χ1n) is 6.86. The molecule has 0 radical (unpaired) electrons. The lowest BCUT2D eigenvalue weighted by Gasteiger charge is -2.37. The largest absolute Gasteiger partial charge is 0.497 e. The summed E-state index contributed by atoms with van der Waals surface area (Å²) in [6.07, 6.45) is -0.929. The molecule has 0 bridgehead atoms. The second-order valence-electron chi connectivity index (χ2n) is 5.24. The Morgan fingerprint density at radius 2 is 1.95 bits per heavy atom. The molecule has 1 aromatic rings. The van der Waals surface area contributed by atoms with Gasteiger partial charge in [0, 0.05) is 13.1 Å². The van der Waals surface area contributed by atoms with Gasteiger partial charge < -0.3 is 4.74 Å². The van der Waals surface area contributed by atoms with Crippen LogP contribution in [0, 0.1) is 0 Å². The van der Waals surface area contributed by atoms with Crippen molar-refractivity contribution >= 4 is 0 Å². The first-order valence-corrected chi connectivity index (χ1v) is 6.86. The van der Waals surface area contributed by atoms with E-state index in [1.54, 1.807) is 7.11 Å². The predicted octanol–water partition coefficient (Wildman–Crippen LogP) is 3.83. The van der Waals surface area contributed by atoms with E-state index in [0.717, 1.165) is 23.1 Å². The number of methoxy groups -OCH3 is 1. The lowest BCUT2D eigenvalue weighted by molar-refractivity contribution is -0.193. The van der Waals surface area contributed by atoms with Crippen LogP contribution in [0.4, 0.5) is 13.2 Å². The molecule has 20 heavy (non-hydrogen) atoms. The van der Waals surface area contributed by atoms with Gasteiger partial charge in [-0.05, 0) is 43.4 Å². The number of hydrogen-bond donors (Lipinski definition) is 0. The maximum absolute atomic E-state index is 13.6. The molecule has 5 heteroatoms. The number of alkyl halides is 3. The Morgan fingerprint density at radius 1 is 1.30 bits per heavy atom. The van der Waals surface area contributed by atoms with E-state index in [9.17, 15) is 13.2 Å². The maximum atomic E-state index is 13.6. The Hall–Kier alpha value is -1.23. The second-order valence-corrected chi connectivity index (χ2v) is 5.24. The van der Waals surface area contributed by atoms with Gasteiger partial charge in [-0.25, -0.2) is 9.29 Å². The van der Waals surface area contributed by atoms with Crippen LogP contribution in [0.15, 0.2) is 24.3 Å². The zero-order valence-electron chi connectivity index (χ0n) is 11.8. The Balaban J connectivity index is 2.00. The first-order chi connectivity index (χ1) is 9.45. The number of nitrogens with zero attached hydrogens (tertiary/aromatic N) is 1. The zero-order chi connectivity index (χ0) is 14.8. The van der Waals surface area contributed by atoms with Gasteiger partial charge in [-0.2, -0.15) is 8.78 Å². The highest BCUT2D eigenvalue weighted by Crippen LogP contribution is 2.35. The van der Waals surface area contributed by atoms with Crippen LogP contribution >= 0.6 is 0 Å². The smallest absolute Gasteiger partial charge is 0.335 e. The van der Waals surface area contributed by atoms with Gasteiger partial charge in [0.15, 0.2) is 6.17 Å². The third-order valence-electron chi connectivity index (χ3n) is 3.96. The van der Waals surface area contributed by atoms with E-state index in [0.29, 0.717) is 12.8 Å². The van der Waals surface area contributed by atoms with Gasteiger partial charge in [-0.3, -0.25) is 0 Å². The van der Waals surface area contributed by atoms with E-state index < -0.39 is 12.2 Å². The fourth-order valence-corrected chi connectivity index (χ4v) is 2.66. The van der Waals surface area contributed by atoms with Crippen molar-refractivity contribution in [2.75, 3.05) is 20.2 Å². The predicted molar refractivity (Wildman–Crippen MR) is 72.1 cm³/mol. The Kier molecular flexibility index (Phi) is 4.58. The standard InChI is InChI=1S/C15H20F3NO/c1-11(16)15(17,18)19-8-6-12(7-9-19)13-4-3-5-14(10-13)20-2/h3-5,10-12H,6-9H2,1-2H3. The number of piperidine rings is 1. The SMILES string of the molecule is COc1cccc(C2CCN(C(F)(F)C(C)F)CC2)c1. The van der Waals surface area contributed by atoms with Crippen LogP contribution in [0.3, 0.4) is 0 Å². The molecule has 1 unspecified atom stereocenters. The Morgan fingerprint density at radius 3 is 2.50 bits per heavy atom. The molecule has 1 aliphatic rings. The molecule has 1 saturated heterocycles. The molecule has 0 spiro atoms. The monoisotopic (exact) mass is 287 g/mol. The van der Waals surface area contributed by atoms with Crippen molar-refractivity contribution < 1.29 is 17.9 Å². The van der Waals surface area contributed by atoms with Crippen LogP contribution < -0.4 is 4.74 Å². The molecule has 0 aliphatic carbocycles. The van der Waals surface area contributed by atoms with Crippen molar-refractivity contribution in [3.8, 4) is 5.75 Å². The number of likely N-dealkylation sites (tertiary alicyclic amines) is 1. The van der Waals surface area contributed by atoms with Gasteiger partial charge in [-0.15, -0.1) is 0 Å². The van der Waals surface area contributed by atoms with Crippen LogP contribution in [-0.4, -0.2) is 37.3 Å². The number of benzene rings is 1. The summed E-state index contributed by atoms with van der Waals surface area (Å²) in [5.41, 5.74) is 1.10. The summed E-state index contributed by atoms with van der Waals surface area (Å²) >= 11 is 0. The van der Waals surface area contributed by atoms with Crippen molar-refractivity contribution in [1.82, 2.24) is 4.90 Å². The number of halogens is 3. The molecular formula is C15H20F3NO. The van der Waals surface area contributed by atoms with Gasteiger partial charge in [0.2, 0.25) is 0 Å². The molecule has 0 aromatic heterocycles. The van der Waals surface area contributed by atoms with Crippen LogP contribution in [-0.2, 0) is 0 Å². The summed E-state index contributed by atoms with van der Waals surface area (Å²) in [5.74, 6) is 1.000. The highest BCUT2D eigenvalue weighted by atomic mass is 19.3. The molecule has 0 amide bonds. The summed E-state index contributed by atoms with van der Waals surface area (Å²) in [6, 6.07) is 4.32. The normalized spacial score (nSPS) is 19.9. The van der Waals surface area contributed by atoms with E-state index in [1.807, 2.05) is 24.3 Å². The van der Waals surface area contributed by atoms with E-state index in [2.05, 4.69) is 0 Å². The van der Waals surface area contributed by atoms with Crippen molar-refractivity contribution in [1.29, 1.82) is 0 Å². The molecule has 1 aliphatic heterocycles. The Bertz CT molecular complexity index is 442. The van der Waals surface area contributed by atoms with E-state index >= 15 is 0 Å². The van der Waals surface area contributed by atoms with Gasteiger partial charge >= 0.3 is 6.05 Å². The molecular weight excluding hydrogens is 267 g/mol. The van der Waals surface area contributed by atoms with Gasteiger partial charge in [0.25, 0.3) is 0 Å². The minimum atomic E-state index is -3.36. The third-order valence-corrected chi connectivity index (χ3v) is 3.96. The molecule has 0 N–H and O–H groups in total. The van der Waals surface area contributed by atoms with Gasteiger partial charge in [0.1, 0.15) is 5.75 Å². The first kappa shape index (κ1) is 15.2. The second kappa shape index (κ2) is 6.04. The molecule has 1 atom stereocenters. The van der Waals surface area contributed by atoms with E-state index in [1.165, 1.54) is 0 Å². The molecule has 0 saturated carbocycles. The third kappa shape index (κ3) is 3.08. The summed E-state index contributed by atoms with van der Waals surface area (Å²) in [4.78, 5) is 0.953. The highest BCUT2D eigenvalue weighted by molar-refractivity contribution is 5.31. The van der Waals surface area contributed by atoms with Gasteiger partial charge in [-0.1, -0.05) is 12.1 Å². The molecule has 2 rings (SSSR count). The topological polar surface area (TPSA) is 12.5 Å². The molecule has 1 aromatic carbocycles. The van der Waals surface area contributed by atoms with Crippen molar-refractivity contribution in [2.24, 2.45) is 0 Å². The van der Waals surface area contributed by atoms with Crippen LogP contribution in [0.2, 0.25) is 0 Å². The minimum absolute atomic E-state index is 0.211. The number of rotatable bonds is 4. The molecule has 2 nitrogen and oxygen atoms in total. The van der Waals surface area contributed by atoms with Crippen LogP contribution in [0.1, 0.15) is 31.2 Å². The van der Waals surface area contributed by atoms with E-state index in [-0.39, 0.29) is 19.0 Å².